The fourth-order valence-electron chi connectivity index (χ4n) is 2.81. The molecule has 2 unspecified atom stereocenters. The predicted molar refractivity (Wildman–Crippen MR) is 89.5 cm³/mol. The highest BCUT2D eigenvalue weighted by molar-refractivity contribution is 7.12. The summed E-state index contributed by atoms with van der Waals surface area (Å²) in [5.41, 5.74) is 2.31. The number of hydrogen-bond acceptors (Lipinski definition) is 6. The number of aromatic nitrogens is 1. The Morgan fingerprint density at radius 3 is 2.96 bits per heavy atom. The molecule has 124 valence electrons. The van der Waals surface area contributed by atoms with Crippen molar-refractivity contribution in [1.82, 2.24) is 10.3 Å². The summed E-state index contributed by atoms with van der Waals surface area (Å²) in [5.74, 6) is 0.742. The molecule has 0 radical (unpaired) electrons. The third-order valence-corrected chi connectivity index (χ3v) is 4.64. The van der Waals surface area contributed by atoms with Gasteiger partial charge in [0.05, 0.1) is 11.8 Å². The van der Waals surface area contributed by atoms with E-state index in [9.17, 15) is 4.79 Å². The number of hydrogen-bond donors (Lipinski definition) is 1. The van der Waals surface area contributed by atoms with Gasteiger partial charge in [-0.25, -0.2) is 4.98 Å². The minimum absolute atomic E-state index is 0.0422. The van der Waals surface area contributed by atoms with Crippen molar-refractivity contribution in [3.8, 4) is 11.5 Å². The van der Waals surface area contributed by atoms with Crippen molar-refractivity contribution >= 4 is 17.1 Å². The van der Waals surface area contributed by atoms with Crippen LogP contribution in [0.2, 0.25) is 0 Å². The Morgan fingerprint density at radius 2 is 2.26 bits per heavy atom. The molecule has 0 aliphatic carbocycles. The van der Waals surface area contributed by atoms with E-state index in [0.29, 0.717) is 29.4 Å². The Balaban J connectivity index is 1.75. The van der Waals surface area contributed by atoms with Gasteiger partial charge in [0.25, 0.3) is 0 Å². The van der Waals surface area contributed by atoms with Gasteiger partial charge >= 0.3 is 0 Å². The zero-order valence-electron chi connectivity index (χ0n) is 13.7. The summed E-state index contributed by atoms with van der Waals surface area (Å²) < 4.78 is 11.2. The highest BCUT2D eigenvalue weighted by atomic mass is 32.1. The number of furan rings is 1. The molecule has 5 nitrogen and oxygen atoms in total. The lowest BCUT2D eigenvalue weighted by molar-refractivity contribution is -0.0358. The molecule has 3 rings (SSSR count). The van der Waals surface area contributed by atoms with E-state index in [1.807, 2.05) is 6.07 Å². The number of carbonyl (C=O) groups is 1. The summed E-state index contributed by atoms with van der Waals surface area (Å²) >= 11 is 1.38. The van der Waals surface area contributed by atoms with Crippen molar-refractivity contribution in [3.63, 3.8) is 0 Å². The number of carbonyl (C=O) groups excluding carboxylic acids is 1. The first-order chi connectivity index (χ1) is 10.9. The third-order valence-electron chi connectivity index (χ3n) is 3.79. The molecule has 0 amide bonds. The first-order valence-electron chi connectivity index (χ1n) is 7.85. The molecule has 3 heterocycles. The average Bonchev–Trinajstić information content (AvgIpc) is 3.15. The van der Waals surface area contributed by atoms with Crippen LogP contribution in [-0.2, 0) is 4.74 Å². The summed E-state index contributed by atoms with van der Waals surface area (Å²) in [5, 5.41) is 3.43. The molecule has 2 aromatic heterocycles. The third kappa shape index (κ3) is 3.88. The average molecular weight is 334 g/mol. The summed E-state index contributed by atoms with van der Waals surface area (Å²) in [7, 11) is 0. The number of nitrogens with one attached hydrogen (secondary N) is 1. The normalized spacial score (nSPS) is 22.2. The van der Waals surface area contributed by atoms with E-state index >= 15 is 0 Å². The zero-order valence-corrected chi connectivity index (χ0v) is 14.5. The molecular formula is C17H22N2O3S. The van der Waals surface area contributed by atoms with Gasteiger partial charge in [0, 0.05) is 18.1 Å². The van der Waals surface area contributed by atoms with Gasteiger partial charge in [-0.05, 0) is 45.7 Å². The van der Waals surface area contributed by atoms with Gasteiger partial charge in [-0.2, -0.15) is 0 Å². The number of ether oxygens (including phenoxy) is 1. The lowest BCUT2D eigenvalue weighted by atomic mass is 9.91. The quantitative estimate of drug-likeness (QED) is 0.863. The SMILES string of the molecule is CC(C)(C)NC1CC(C(=O)c2scnc2-c2ccco2)CCO1. The van der Waals surface area contributed by atoms with Crippen LogP contribution >= 0.6 is 11.3 Å². The van der Waals surface area contributed by atoms with Gasteiger partial charge in [-0.3, -0.25) is 10.1 Å². The Bertz CT molecular complexity index is 658. The molecule has 0 bridgehead atoms. The summed E-state index contributed by atoms with van der Waals surface area (Å²) in [4.78, 5) is 17.9. The van der Waals surface area contributed by atoms with E-state index in [-0.39, 0.29) is 23.5 Å². The summed E-state index contributed by atoms with van der Waals surface area (Å²) in [6, 6.07) is 3.64. The predicted octanol–water partition coefficient (Wildman–Crippen LogP) is 3.73. The fraction of sp³-hybridized carbons (Fsp3) is 0.529. The van der Waals surface area contributed by atoms with Crippen LogP contribution < -0.4 is 5.32 Å². The summed E-state index contributed by atoms with van der Waals surface area (Å²) in [6.07, 6.45) is 2.95. The summed E-state index contributed by atoms with van der Waals surface area (Å²) in [6.45, 7) is 6.89. The molecule has 1 aliphatic rings. The van der Waals surface area contributed by atoms with Gasteiger partial charge in [-0.1, -0.05) is 0 Å². The smallest absolute Gasteiger partial charge is 0.178 e. The topological polar surface area (TPSA) is 64.4 Å². The minimum atomic E-state index is -0.0855. The monoisotopic (exact) mass is 334 g/mol. The van der Waals surface area contributed by atoms with Crippen LogP contribution in [0.3, 0.4) is 0 Å². The second kappa shape index (κ2) is 6.55. The van der Waals surface area contributed by atoms with E-state index < -0.39 is 0 Å². The Kier molecular flexibility index (Phi) is 4.66. The van der Waals surface area contributed by atoms with E-state index in [1.54, 1.807) is 17.8 Å². The van der Waals surface area contributed by atoms with Gasteiger partial charge < -0.3 is 9.15 Å². The molecule has 0 spiro atoms. The molecule has 2 aromatic rings. The van der Waals surface area contributed by atoms with Gasteiger partial charge in [0.15, 0.2) is 11.5 Å². The van der Waals surface area contributed by atoms with Crippen LogP contribution in [0.5, 0.6) is 0 Å². The number of rotatable bonds is 4. The van der Waals surface area contributed by atoms with E-state index in [2.05, 4.69) is 31.1 Å². The molecule has 1 N–H and O–H groups in total. The Hall–Kier alpha value is -1.50. The molecule has 0 saturated carbocycles. The largest absolute Gasteiger partial charge is 0.463 e. The number of nitrogens with zero attached hydrogens (tertiary/aromatic N) is 1. The van der Waals surface area contributed by atoms with E-state index in [0.717, 1.165) is 6.42 Å². The van der Waals surface area contributed by atoms with Crippen LogP contribution in [0.4, 0.5) is 0 Å². The molecule has 1 fully saturated rings. The van der Waals surface area contributed by atoms with E-state index in [1.165, 1.54) is 11.3 Å². The standard InChI is InChI=1S/C17H22N2O3S/c1-17(2,3)19-13-9-11(6-8-22-13)15(20)16-14(18-10-23-16)12-5-4-7-21-12/h4-5,7,10-11,13,19H,6,8-9H2,1-3H3. The van der Waals surface area contributed by atoms with Crippen LogP contribution in [0.1, 0.15) is 43.3 Å². The molecule has 1 saturated heterocycles. The number of thiazole rings is 1. The van der Waals surface area contributed by atoms with Crippen molar-refractivity contribution in [2.45, 2.75) is 45.4 Å². The first kappa shape index (κ1) is 16.4. The van der Waals surface area contributed by atoms with Crippen molar-refractivity contribution in [2.75, 3.05) is 6.61 Å². The molecule has 2 atom stereocenters. The lowest BCUT2D eigenvalue weighted by Crippen LogP contribution is -2.48. The highest BCUT2D eigenvalue weighted by Crippen LogP contribution is 2.31. The second-order valence-electron chi connectivity index (χ2n) is 6.85. The zero-order chi connectivity index (χ0) is 16.4. The van der Waals surface area contributed by atoms with Crippen molar-refractivity contribution in [1.29, 1.82) is 0 Å². The fourth-order valence-corrected chi connectivity index (χ4v) is 3.63. The van der Waals surface area contributed by atoms with Crippen LogP contribution in [0.15, 0.2) is 28.3 Å². The number of ketones is 1. The Morgan fingerprint density at radius 1 is 1.43 bits per heavy atom. The minimum Gasteiger partial charge on any atom is -0.463 e. The maximum atomic E-state index is 12.9. The van der Waals surface area contributed by atoms with Gasteiger partial charge in [-0.15, -0.1) is 11.3 Å². The molecule has 0 aromatic carbocycles. The molecular weight excluding hydrogens is 312 g/mol. The van der Waals surface area contributed by atoms with E-state index in [4.69, 9.17) is 9.15 Å². The van der Waals surface area contributed by atoms with Crippen LogP contribution in [-0.4, -0.2) is 29.1 Å². The van der Waals surface area contributed by atoms with Crippen LogP contribution in [0.25, 0.3) is 11.5 Å². The van der Waals surface area contributed by atoms with Crippen molar-refractivity contribution in [3.05, 3.63) is 28.8 Å². The maximum Gasteiger partial charge on any atom is 0.178 e. The van der Waals surface area contributed by atoms with Crippen LogP contribution in [0, 0.1) is 5.92 Å². The highest BCUT2D eigenvalue weighted by Gasteiger charge is 2.32. The van der Waals surface area contributed by atoms with Crippen molar-refractivity contribution < 1.29 is 13.9 Å². The number of Topliss-reactive ketones (excluding diaryl/α,β-unsaturated/α-hetero) is 1. The van der Waals surface area contributed by atoms with Gasteiger partial charge in [0.2, 0.25) is 0 Å². The van der Waals surface area contributed by atoms with Crippen molar-refractivity contribution in [2.24, 2.45) is 5.92 Å². The Labute approximate surface area is 140 Å². The first-order valence-corrected chi connectivity index (χ1v) is 8.73. The second-order valence-corrected chi connectivity index (χ2v) is 7.70. The maximum absolute atomic E-state index is 12.9. The van der Waals surface area contributed by atoms with Gasteiger partial charge in [0.1, 0.15) is 16.8 Å². The molecule has 23 heavy (non-hydrogen) atoms. The lowest BCUT2D eigenvalue weighted by Gasteiger charge is -2.34. The molecule has 1 aliphatic heterocycles. The molecule has 6 heteroatoms.